The Morgan fingerprint density at radius 1 is 1.21 bits per heavy atom. The number of carbonyl (C=O) groups excluding carboxylic acids is 1. The monoisotopic (exact) mass is 415 g/mol. The summed E-state index contributed by atoms with van der Waals surface area (Å²) < 4.78 is 1.95. The Balaban J connectivity index is 1.77. The smallest absolute Gasteiger partial charge is 0.191 e. The molecule has 3 aromatic rings. The predicted octanol–water partition coefficient (Wildman–Crippen LogP) is 3.02. The number of hydrogen-bond donors (Lipinski definition) is 1. The molecule has 0 unspecified atom stereocenters. The van der Waals surface area contributed by atoms with Crippen molar-refractivity contribution >= 4 is 35.0 Å². The highest BCUT2D eigenvalue weighted by Gasteiger charge is 2.16. The van der Waals surface area contributed by atoms with E-state index in [1.165, 1.54) is 5.56 Å². The molecule has 1 atom stereocenters. The summed E-state index contributed by atoms with van der Waals surface area (Å²) in [5, 5.41) is 23.4. The number of rotatable bonds is 9. The van der Waals surface area contributed by atoms with Gasteiger partial charge in [-0.15, -0.1) is 10.2 Å². The van der Waals surface area contributed by atoms with Gasteiger partial charge < -0.3 is 19.8 Å². The van der Waals surface area contributed by atoms with Crippen LogP contribution in [0, 0.1) is 0 Å². The van der Waals surface area contributed by atoms with Gasteiger partial charge in [0.1, 0.15) is 0 Å². The number of nitrogens with zero attached hydrogens (tertiary/aromatic N) is 3. The Hall–Kier alpha value is -2.51. The first-order valence-corrected chi connectivity index (χ1v) is 10.1. The summed E-state index contributed by atoms with van der Waals surface area (Å²) in [6.45, 7) is 2.67. The molecular weight excluding hydrogens is 396 g/mol. The molecule has 28 heavy (non-hydrogen) atoms. The average Bonchev–Trinajstić information content (AvgIpc) is 3.07. The maximum Gasteiger partial charge on any atom is 0.191 e. The van der Waals surface area contributed by atoms with Crippen molar-refractivity contribution < 1.29 is 9.90 Å². The molecule has 8 heteroatoms. The SMILES string of the molecule is C[C@H](Sc1nnc(CNc2cccc(Cl)c2)n1CCc1ccccc1)C(=O)[O-]. The summed E-state index contributed by atoms with van der Waals surface area (Å²) in [6.07, 6.45) is 0.788. The predicted molar refractivity (Wildman–Crippen MR) is 109 cm³/mol. The first kappa shape index (κ1) is 20.2. The Morgan fingerprint density at radius 2 is 2.00 bits per heavy atom. The van der Waals surface area contributed by atoms with Gasteiger partial charge in [-0.25, -0.2) is 0 Å². The molecule has 1 heterocycles. The first-order valence-electron chi connectivity index (χ1n) is 8.86. The van der Waals surface area contributed by atoms with E-state index in [1.54, 1.807) is 6.92 Å². The largest absolute Gasteiger partial charge is 0.549 e. The molecule has 0 amide bonds. The fraction of sp³-hybridized carbons (Fsp3) is 0.250. The molecule has 0 saturated carbocycles. The lowest BCUT2D eigenvalue weighted by Crippen LogP contribution is -2.31. The van der Waals surface area contributed by atoms with Crippen LogP contribution >= 0.6 is 23.4 Å². The van der Waals surface area contributed by atoms with Crippen LogP contribution < -0.4 is 10.4 Å². The minimum atomic E-state index is -1.12. The topological polar surface area (TPSA) is 82.9 Å². The fourth-order valence-electron chi connectivity index (χ4n) is 2.63. The summed E-state index contributed by atoms with van der Waals surface area (Å²) >= 11 is 7.17. The molecule has 0 aliphatic heterocycles. The molecular formula is C20H20ClN4O2S-. The molecule has 3 rings (SSSR count). The van der Waals surface area contributed by atoms with Gasteiger partial charge in [-0.1, -0.05) is 59.8 Å². The minimum absolute atomic E-state index is 0.447. The molecule has 146 valence electrons. The standard InChI is InChI=1S/C20H21ClN4O2S/c1-14(19(26)27)28-20-24-23-18(13-22-17-9-5-8-16(21)12-17)25(20)11-10-15-6-3-2-4-7-15/h2-9,12,14,22H,10-11,13H2,1H3,(H,26,27)/p-1/t14-/m0/s1. The number of nitrogens with one attached hydrogen (secondary N) is 1. The Kier molecular flexibility index (Phi) is 6.95. The molecule has 6 nitrogen and oxygen atoms in total. The van der Waals surface area contributed by atoms with Gasteiger partial charge in [-0.05, 0) is 37.1 Å². The molecule has 0 spiro atoms. The van der Waals surface area contributed by atoms with Crippen molar-refractivity contribution in [2.45, 2.75) is 36.8 Å². The van der Waals surface area contributed by atoms with Crippen LogP contribution in [0.4, 0.5) is 5.69 Å². The number of carbonyl (C=O) groups is 1. The van der Waals surface area contributed by atoms with Gasteiger partial charge in [0.25, 0.3) is 0 Å². The van der Waals surface area contributed by atoms with Crippen LogP contribution in [-0.2, 0) is 24.3 Å². The molecule has 0 aliphatic carbocycles. The summed E-state index contributed by atoms with van der Waals surface area (Å²) in [5.74, 6) is -0.398. The summed E-state index contributed by atoms with van der Waals surface area (Å²) in [6, 6.07) is 17.5. The molecule has 1 N–H and O–H groups in total. The van der Waals surface area contributed by atoms with Crippen molar-refractivity contribution in [2.24, 2.45) is 0 Å². The number of aliphatic carboxylic acids is 1. The number of aryl methyl sites for hydroxylation is 1. The summed E-state index contributed by atoms with van der Waals surface area (Å²) in [4.78, 5) is 11.1. The van der Waals surface area contributed by atoms with Gasteiger partial charge in [0.05, 0.1) is 12.5 Å². The van der Waals surface area contributed by atoms with Crippen LogP contribution in [0.15, 0.2) is 59.8 Å². The van der Waals surface area contributed by atoms with Gasteiger partial charge in [-0.3, -0.25) is 0 Å². The zero-order chi connectivity index (χ0) is 19.9. The van der Waals surface area contributed by atoms with Crippen molar-refractivity contribution in [3.8, 4) is 0 Å². The van der Waals surface area contributed by atoms with E-state index in [0.717, 1.165) is 29.7 Å². The van der Waals surface area contributed by atoms with Crippen molar-refractivity contribution in [2.75, 3.05) is 5.32 Å². The van der Waals surface area contributed by atoms with E-state index in [4.69, 9.17) is 11.6 Å². The third-order valence-electron chi connectivity index (χ3n) is 4.15. The number of hydrogen-bond acceptors (Lipinski definition) is 6. The second kappa shape index (κ2) is 9.61. The number of benzene rings is 2. The number of thioether (sulfide) groups is 1. The number of carboxylic acid groups (broad SMARTS) is 1. The maximum absolute atomic E-state index is 11.1. The van der Waals surface area contributed by atoms with E-state index in [9.17, 15) is 9.90 Å². The summed E-state index contributed by atoms with van der Waals surface area (Å²) in [7, 11) is 0. The van der Waals surface area contributed by atoms with Crippen LogP contribution in [0.25, 0.3) is 0 Å². The molecule has 0 bridgehead atoms. The lowest BCUT2D eigenvalue weighted by Gasteiger charge is -2.14. The maximum atomic E-state index is 11.1. The van der Waals surface area contributed by atoms with Crippen LogP contribution in [-0.4, -0.2) is 26.0 Å². The van der Waals surface area contributed by atoms with Crippen molar-refractivity contribution in [1.82, 2.24) is 14.8 Å². The highest BCUT2D eigenvalue weighted by atomic mass is 35.5. The summed E-state index contributed by atoms with van der Waals surface area (Å²) in [5.41, 5.74) is 2.07. The second-order valence-electron chi connectivity index (χ2n) is 6.23. The third-order valence-corrected chi connectivity index (χ3v) is 5.44. The molecule has 0 aliphatic rings. The van der Waals surface area contributed by atoms with E-state index in [1.807, 2.05) is 47.0 Å². The molecule has 0 fully saturated rings. The van der Waals surface area contributed by atoms with E-state index in [2.05, 4.69) is 27.6 Å². The van der Waals surface area contributed by atoms with Gasteiger partial charge >= 0.3 is 0 Å². The van der Waals surface area contributed by atoms with Crippen molar-refractivity contribution in [1.29, 1.82) is 0 Å². The zero-order valence-electron chi connectivity index (χ0n) is 15.3. The Labute approximate surface area is 172 Å². The number of anilines is 1. The fourth-order valence-corrected chi connectivity index (χ4v) is 3.65. The van der Waals surface area contributed by atoms with Gasteiger partial charge in [-0.2, -0.15) is 0 Å². The second-order valence-corrected chi connectivity index (χ2v) is 7.97. The van der Waals surface area contributed by atoms with Gasteiger partial charge in [0, 0.05) is 22.5 Å². The molecule has 1 aromatic heterocycles. The minimum Gasteiger partial charge on any atom is -0.549 e. The number of halogens is 1. The van der Waals surface area contributed by atoms with E-state index >= 15 is 0 Å². The lowest BCUT2D eigenvalue weighted by molar-refractivity contribution is -0.304. The van der Waals surface area contributed by atoms with Crippen LogP contribution in [0.1, 0.15) is 18.3 Å². The first-order chi connectivity index (χ1) is 13.5. The highest BCUT2D eigenvalue weighted by Crippen LogP contribution is 2.23. The zero-order valence-corrected chi connectivity index (χ0v) is 16.9. The lowest BCUT2D eigenvalue weighted by atomic mass is 10.1. The number of aromatic nitrogens is 3. The van der Waals surface area contributed by atoms with Gasteiger partial charge in [0.2, 0.25) is 0 Å². The van der Waals surface area contributed by atoms with E-state index in [0.29, 0.717) is 23.3 Å². The normalized spacial score (nSPS) is 11.9. The molecule has 0 radical (unpaired) electrons. The van der Waals surface area contributed by atoms with Gasteiger partial charge in [0.15, 0.2) is 11.0 Å². The molecule has 2 aromatic carbocycles. The van der Waals surface area contributed by atoms with Crippen molar-refractivity contribution in [3.05, 3.63) is 71.0 Å². The molecule has 0 saturated heterocycles. The van der Waals surface area contributed by atoms with Crippen LogP contribution in [0.5, 0.6) is 0 Å². The van der Waals surface area contributed by atoms with E-state index < -0.39 is 11.2 Å². The van der Waals surface area contributed by atoms with Crippen LogP contribution in [0.2, 0.25) is 5.02 Å². The van der Waals surface area contributed by atoms with E-state index in [-0.39, 0.29) is 0 Å². The van der Waals surface area contributed by atoms with Crippen molar-refractivity contribution in [3.63, 3.8) is 0 Å². The highest BCUT2D eigenvalue weighted by molar-refractivity contribution is 8.00. The quantitative estimate of drug-likeness (QED) is 0.541. The Bertz CT molecular complexity index is 933. The number of carboxylic acids is 1. The van der Waals surface area contributed by atoms with Crippen LogP contribution in [0.3, 0.4) is 0 Å². The third kappa shape index (κ3) is 5.50. The average molecular weight is 416 g/mol. The Morgan fingerprint density at radius 3 is 2.71 bits per heavy atom.